The summed E-state index contributed by atoms with van der Waals surface area (Å²) in [5.41, 5.74) is 0.702. The Bertz CT molecular complexity index is 291. The zero-order valence-electron chi connectivity index (χ0n) is 8.08. The van der Waals surface area contributed by atoms with E-state index in [4.69, 9.17) is 5.21 Å². The van der Waals surface area contributed by atoms with Crippen molar-refractivity contribution >= 4 is 17.0 Å². The van der Waals surface area contributed by atoms with E-state index in [2.05, 4.69) is 18.1 Å². The largest absolute Gasteiger partial charge is 0.411 e. The van der Waals surface area contributed by atoms with E-state index >= 15 is 0 Å². The van der Waals surface area contributed by atoms with Crippen LogP contribution in [0.5, 0.6) is 0 Å². The number of unbranched alkanes of at least 4 members (excludes halogenated alkanes) is 1. The van der Waals surface area contributed by atoms with Crippen LogP contribution in [0, 0.1) is 0 Å². The summed E-state index contributed by atoms with van der Waals surface area (Å²) in [6.07, 6.45) is 3.59. The second-order valence-corrected chi connectivity index (χ2v) is 4.22. The van der Waals surface area contributed by atoms with Crippen LogP contribution in [0.4, 0.5) is 0 Å². The third kappa shape index (κ3) is 2.84. The molecule has 0 bridgehead atoms. The van der Waals surface area contributed by atoms with Gasteiger partial charge in [0.2, 0.25) is 0 Å². The Kier molecular flexibility index (Phi) is 3.96. The molecule has 0 aliphatic rings. The first-order valence-electron chi connectivity index (χ1n) is 4.55. The van der Waals surface area contributed by atoms with Gasteiger partial charge in [-0.05, 0) is 31.9 Å². The smallest absolute Gasteiger partial charge is 0.0936 e. The fourth-order valence-corrected chi connectivity index (χ4v) is 2.10. The van der Waals surface area contributed by atoms with Gasteiger partial charge in [-0.15, -0.1) is 11.3 Å². The molecule has 0 aromatic carbocycles. The van der Waals surface area contributed by atoms with E-state index < -0.39 is 0 Å². The van der Waals surface area contributed by atoms with Gasteiger partial charge in [0.05, 0.1) is 10.6 Å². The lowest BCUT2D eigenvalue weighted by molar-refractivity contribution is 0.319. The van der Waals surface area contributed by atoms with Crippen molar-refractivity contribution in [3.05, 3.63) is 21.9 Å². The molecule has 1 aromatic heterocycles. The predicted molar refractivity (Wildman–Crippen MR) is 56.9 cm³/mol. The minimum absolute atomic E-state index is 0.702. The molecule has 0 aliphatic carbocycles. The molecule has 1 heterocycles. The van der Waals surface area contributed by atoms with E-state index in [1.54, 1.807) is 11.3 Å². The maximum absolute atomic E-state index is 8.57. The van der Waals surface area contributed by atoms with Gasteiger partial charge in [-0.3, -0.25) is 0 Å². The number of thiophene rings is 1. The lowest BCUT2D eigenvalue weighted by Crippen LogP contribution is -1.88. The Balaban J connectivity index is 2.64. The molecule has 72 valence electrons. The topological polar surface area (TPSA) is 32.6 Å². The van der Waals surface area contributed by atoms with E-state index in [-0.39, 0.29) is 0 Å². The summed E-state index contributed by atoms with van der Waals surface area (Å²) >= 11 is 1.71. The van der Waals surface area contributed by atoms with Gasteiger partial charge >= 0.3 is 0 Å². The van der Waals surface area contributed by atoms with E-state index in [1.165, 1.54) is 17.7 Å². The maximum atomic E-state index is 8.57. The normalized spacial score (nSPS) is 12.0. The van der Waals surface area contributed by atoms with Crippen molar-refractivity contribution in [2.75, 3.05) is 0 Å². The third-order valence-corrected chi connectivity index (χ3v) is 3.20. The van der Waals surface area contributed by atoms with Crippen LogP contribution in [-0.4, -0.2) is 10.9 Å². The van der Waals surface area contributed by atoms with Crippen LogP contribution in [0.1, 0.15) is 36.4 Å². The first-order chi connectivity index (χ1) is 6.27. The van der Waals surface area contributed by atoms with Crippen LogP contribution < -0.4 is 0 Å². The Morgan fingerprint density at radius 2 is 2.31 bits per heavy atom. The average molecular weight is 197 g/mol. The molecule has 0 amide bonds. The van der Waals surface area contributed by atoms with Crippen molar-refractivity contribution in [2.45, 2.75) is 33.1 Å². The van der Waals surface area contributed by atoms with Crippen molar-refractivity contribution in [2.24, 2.45) is 5.16 Å². The van der Waals surface area contributed by atoms with E-state index in [9.17, 15) is 0 Å². The van der Waals surface area contributed by atoms with Gasteiger partial charge in [0.15, 0.2) is 0 Å². The maximum Gasteiger partial charge on any atom is 0.0936 e. The molecule has 3 heteroatoms. The van der Waals surface area contributed by atoms with Crippen molar-refractivity contribution in [1.29, 1.82) is 0 Å². The summed E-state index contributed by atoms with van der Waals surface area (Å²) in [6, 6.07) is 4.13. The lowest BCUT2D eigenvalue weighted by Gasteiger charge is -1.93. The van der Waals surface area contributed by atoms with Crippen molar-refractivity contribution in [3.8, 4) is 0 Å². The highest BCUT2D eigenvalue weighted by Crippen LogP contribution is 2.19. The molecule has 2 nitrogen and oxygen atoms in total. The number of rotatable bonds is 4. The van der Waals surface area contributed by atoms with Gasteiger partial charge in [0.1, 0.15) is 0 Å². The standard InChI is InChI=1S/C10H15NOS/c1-3-4-5-9-6-7-10(13-9)8(2)11-12/h6-7,12H,3-5H2,1-2H3. The molecule has 1 aromatic rings. The molecule has 0 unspecified atom stereocenters. The van der Waals surface area contributed by atoms with Gasteiger partial charge in [0.25, 0.3) is 0 Å². The van der Waals surface area contributed by atoms with Crippen LogP contribution in [0.2, 0.25) is 0 Å². The highest BCUT2D eigenvalue weighted by atomic mass is 32.1. The first kappa shape index (κ1) is 10.3. The molecule has 0 radical (unpaired) electrons. The molecular weight excluding hydrogens is 182 g/mol. The second-order valence-electron chi connectivity index (χ2n) is 3.05. The summed E-state index contributed by atoms with van der Waals surface area (Å²) in [4.78, 5) is 2.44. The summed E-state index contributed by atoms with van der Waals surface area (Å²) in [7, 11) is 0. The summed E-state index contributed by atoms with van der Waals surface area (Å²) < 4.78 is 0. The van der Waals surface area contributed by atoms with Gasteiger partial charge in [-0.2, -0.15) is 0 Å². The summed E-state index contributed by atoms with van der Waals surface area (Å²) in [5.74, 6) is 0. The minimum atomic E-state index is 0.702. The number of aryl methyl sites for hydroxylation is 1. The Labute approximate surface area is 82.9 Å². The second kappa shape index (κ2) is 5.02. The Morgan fingerprint density at radius 3 is 2.92 bits per heavy atom. The van der Waals surface area contributed by atoms with E-state index in [1.807, 2.05) is 13.0 Å². The SMILES string of the molecule is CCCCc1ccc(C(C)=NO)s1. The number of oxime groups is 1. The van der Waals surface area contributed by atoms with Crippen molar-refractivity contribution < 1.29 is 5.21 Å². The van der Waals surface area contributed by atoms with E-state index in [0.717, 1.165) is 11.3 Å². The Morgan fingerprint density at radius 1 is 1.54 bits per heavy atom. The average Bonchev–Trinajstić information content (AvgIpc) is 2.62. The number of hydrogen-bond acceptors (Lipinski definition) is 3. The molecule has 0 fully saturated rings. The van der Waals surface area contributed by atoms with Gasteiger partial charge in [-0.25, -0.2) is 0 Å². The fraction of sp³-hybridized carbons (Fsp3) is 0.500. The van der Waals surface area contributed by atoms with Crippen molar-refractivity contribution in [3.63, 3.8) is 0 Å². The monoisotopic (exact) mass is 197 g/mol. The van der Waals surface area contributed by atoms with Crippen LogP contribution in [0.3, 0.4) is 0 Å². The predicted octanol–water partition coefficient (Wildman–Crippen LogP) is 3.29. The third-order valence-electron chi connectivity index (χ3n) is 1.94. The van der Waals surface area contributed by atoms with Crippen LogP contribution >= 0.6 is 11.3 Å². The first-order valence-corrected chi connectivity index (χ1v) is 5.37. The fourth-order valence-electron chi connectivity index (χ4n) is 1.11. The molecule has 0 saturated carbocycles. The molecule has 13 heavy (non-hydrogen) atoms. The molecule has 0 spiro atoms. The van der Waals surface area contributed by atoms with Gasteiger partial charge < -0.3 is 5.21 Å². The Hall–Kier alpha value is -0.830. The molecule has 0 atom stereocenters. The van der Waals surface area contributed by atoms with Crippen LogP contribution in [0.15, 0.2) is 17.3 Å². The zero-order chi connectivity index (χ0) is 9.68. The van der Waals surface area contributed by atoms with Crippen LogP contribution in [0.25, 0.3) is 0 Å². The minimum Gasteiger partial charge on any atom is -0.411 e. The molecule has 1 rings (SSSR count). The van der Waals surface area contributed by atoms with Gasteiger partial charge in [-0.1, -0.05) is 18.5 Å². The van der Waals surface area contributed by atoms with E-state index in [0.29, 0.717) is 5.71 Å². The zero-order valence-corrected chi connectivity index (χ0v) is 8.90. The highest BCUT2D eigenvalue weighted by molar-refractivity contribution is 7.14. The number of hydrogen-bond donors (Lipinski definition) is 1. The molecule has 0 saturated heterocycles. The van der Waals surface area contributed by atoms with Crippen LogP contribution in [-0.2, 0) is 6.42 Å². The lowest BCUT2D eigenvalue weighted by atomic mass is 10.2. The highest BCUT2D eigenvalue weighted by Gasteiger charge is 2.02. The van der Waals surface area contributed by atoms with Gasteiger partial charge in [0, 0.05) is 4.88 Å². The number of nitrogens with zero attached hydrogens (tertiary/aromatic N) is 1. The quantitative estimate of drug-likeness (QED) is 0.448. The summed E-state index contributed by atoms with van der Waals surface area (Å²) in [6.45, 7) is 4.00. The summed E-state index contributed by atoms with van der Waals surface area (Å²) in [5, 5.41) is 11.7. The molecule has 1 N–H and O–H groups in total. The van der Waals surface area contributed by atoms with Crippen molar-refractivity contribution in [1.82, 2.24) is 0 Å². The molecular formula is C10H15NOS. The molecule has 0 aliphatic heterocycles.